The molecule has 0 radical (unpaired) electrons. The van der Waals surface area contributed by atoms with Crippen LogP contribution in [-0.2, 0) is 6.42 Å². The number of aromatic nitrogens is 2. The van der Waals surface area contributed by atoms with E-state index in [2.05, 4.69) is 39.1 Å². The van der Waals surface area contributed by atoms with Crippen LogP contribution >= 0.6 is 11.8 Å². The van der Waals surface area contributed by atoms with Crippen LogP contribution in [0.4, 0.5) is 5.82 Å². The summed E-state index contributed by atoms with van der Waals surface area (Å²) >= 11 is 1.85. The monoisotopic (exact) mass is 366 g/mol. The molecule has 2 heterocycles. The highest BCUT2D eigenvalue weighted by molar-refractivity contribution is 7.99. The molecule has 1 saturated carbocycles. The van der Waals surface area contributed by atoms with E-state index in [1.807, 2.05) is 24.2 Å². The van der Waals surface area contributed by atoms with E-state index in [1.165, 1.54) is 29.7 Å². The second kappa shape index (κ2) is 6.54. The van der Waals surface area contributed by atoms with E-state index in [0.29, 0.717) is 0 Å². The van der Waals surface area contributed by atoms with Gasteiger partial charge in [-0.05, 0) is 54.6 Å². The molecule has 2 fully saturated rings. The van der Waals surface area contributed by atoms with Crippen molar-refractivity contribution in [2.75, 3.05) is 23.7 Å². The predicted molar refractivity (Wildman–Crippen MR) is 106 cm³/mol. The van der Waals surface area contributed by atoms with E-state index >= 15 is 0 Å². The lowest BCUT2D eigenvalue weighted by atomic mass is 9.73. The smallest absolute Gasteiger partial charge is 0.147 e. The Balaban J connectivity index is 1.23. The van der Waals surface area contributed by atoms with Crippen LogP contribution in [0.2, 0.25) is 0 Å². The zero-order valence-electron chi connectivity index (χ0n) is 15.1. The number of hydrogen-bond acceptors (Lipinski definition) is 5. The van der Waals surface area contributed by atoms with Gasteiger partial charge in [0.05, 0.1) is 12.4 Å². The summed E-state index contributed by atoms with van der Waals surface area (Å²) in [5.74, 6) is 3.12. The molecule has 2 aliphatic carbocycles. The van der Waals surface area contributed by atoms with Gasteiger partial charge in [-0.1, -0.05) is 24.3 Å². The summed E-state index contributed by atoms with van der Waals surface area (Å²) < 4.78 is 0. The summed E-state index contributed by atoms with van der Waals surface area (Å²) in [4.78, 5) is 11.7. The van der Waals surface area contributed by atoms with Gasteiger partial charge in [0, 0.05) is 24.9 Å². The van der Waals surface area contributed by atoms with Crippen molar-refractivity contribution < 1.29 is 0 Å². The Labute approximate surface area is 159 Å². The van der Waals surface area contributed by atoms with Crippen LogP contribution in [0.5, 0.6) is 0 Å². The number of nitrogens with two attached hydrogens (primary N) is 1. The van der Waals surface area contributed by atoms with Crippen LogP contribution in [0, 0.1) is 11.3 Å². The third-order valence-corrected chi connectivity index (χ3v) is 7.60. The molecule has 5 rings (SSSR count). The molecule has 1 aromatic carbocycles. The fourth-order valence-corrected chi connectivity index (χ4v) is 5.52. The second-order valence-corrected chi connectivity index (χ2v) is 9.21. The van der Waals surface area contributed by atoms with Crippen molar-refractivity contribution in [3.05, 3.63) is 47.8 Å². The summed E-state index contributed by atoms with van der Waals surface area (Å²) in [5.41, 5.74) is 9.71. The highest BCUT2D eigenvalue weighted by Crippen LogP contribution is 2.50. The third kappa shape index (κ3) is 3.01. The van der Waals surface area contributed by atoms with Gasteiger partial charge < -0.3 is 10.6 Å². The lowest BCUT2D eigenvalue weighted by Crippen LogP contribution is -2.44. The highest BCUT2D eigenvalue weighted by Gasteiger charge is 2.45. The summed E-state index contributed by atoms with van der Waals surface area (Å²) in [6.45, 7) is 2.04. The molecule has 1 saturated heterocycles. The van der Waals surface area contributed by atoms with Gasteiger partial charge >= 0.3 is 0 Å². The lowest BCUT2D eigenvalue weighted by Gasteiger charge is -2.42. The highest BCUT2D eigenvalue weighted by atomic mass is 32.2. The molecule has 1 spiro atoms. The van der Waals surface area contributed by atoms with Gasteiger partial charge in [-0.3, -0.25) is 0 Å². The zero-order chi connectivity index (χ0) is 17.6. The molecule has 2 aromatic rings. The number of anilines is 1. The third-order valence-electron chi connectivity index (χ3n) is 6.45. The first-order chi connectivity index (χ1) is 12.7. The average molecular weight is 367 g/mol. The van der Waals surface area contributed by atoms with E-state index in [1.54, 1.807) is 0 Å². The fourth-order valence-electron chi connectivity index (χ4n) is 4.52. The van der Waals surface area contributed by atoms with Crippen LogP contribution in [0.3, 0.4) is 0 Å². The maximum absolute atomic E-state index is 6.67. The second-order valence-electron chi connectivity index (χ2n) is 8.17. The van der Waals surface area contributed by atoms with Crippen LogP contribution in [-0.4, -0.2) is 28.8 Å². The average Bonchev–Trinajstić information content (AvgIpc) is 3.48. The summed E-state index contributed by atoms with van der Waals surface area (Å²) in [7, 11) is 0. The van der Waals surface area contributed by atoms with Gasteiger partial charge in [0.1, 0.15) is 10.8 Å². The summed E-state index contributed by atoms with van der Waals surface area (Å²) in [5, 5.41) is 1.06. The molecule has 2 N–H and O–H groups in total. The van der Waals surface area contributed by atoms with Crippen LogP contribution in [0.1, 0.15) is 42.9 Å². The molecule has 1 aliphatic heterocycles. The maximum atomic E-state index is 6.67. The first-order valence-electron chi connectivity index (χ1n) is 9.77. The molecule has 0 unspecified atom stereocenters. The Morgan fingerprint density at radius 3 is 2.62 bits per heavy atom. The van der Waals surface area contributed by atoms with Crippen molar-refractivity contribution in [3.8, 4) is 0 Å². The molecule has 26 heavy (non-hydrogen) atoms. The number of fused-ring (bicyclic) bond motifs is 1. The lowest BCUT2D eigenvalue weighted by molar-refractivity contribution is 0.187. The maximum Gasteiger partial charge on any atom is 0.147 e. The van der Waals surface area contributed by atoms with E-state index in [9.17, 15) is 0 Å². The Morgan fingerprint density at radius 1 is 1.12 bits per heavy atom. The minimum atomic E-state index is 0.174. The van der Waals surface area contributed by atoms with E-state index in [0.717, 1.165) is 49.1 Å². The fraction of sp³-hybridized carbons (Fsp3) is 0.524. The van der Waals surface area contributed by atoms with Gasteiger partial charge in [0.2, 0.25) is 0 Å². The summed E-state index contributed by atoms with van der Waals surface area (Å²) in [6, 6.07) is 8.89. The van der Waals surface area contributed by atoms with Gasteiger partial charge in [0.15, 0.2) is 0 Å². The van der Waals surface area contributed by atoms with Gasteiger partial charge in [-0.2, -0.15) is 0 Å². The molecule has 3 aliphatic rings. The van der Waals surface area contributed by atoms with Crippen LogP contribution in [0.25, 0.3) is 0 Å². The SMILES string of the molecule is N[C@@H]1c2ccccc2CC12CCN(c1cnc(SCC3CC3)cn1)CC2. The minimum Gasteiger partial charge on any atom is -0.355 e. The predicted octanol–water partition coefficient (Wildman–Crippen LogP) is 3.82. The molecule has 0 amide bonds. The topological polar surface area (TPSA) is 55.0 Å². The number of hydrogen-bond donors (Lipinski definition) is 1. The van der Waals surface area contributed by atoms with Crippen molar-refractivity contribution in [3.63, 3.8) is 0 Å². The Hall–Kier alpha value is -1.59. The number of piperidine rings is 1. The molecule has 0 bridgehead atoms. The quantitative estimate of drug-likeness (QED) is 0.834. The van der Waals surface area contributed by atoms with Crippen molar-refractivity contribution in [2.24, 2.45) is 17.1 Å². The Morgan fingerprint density at radius 2 is 1.92 bits per heavy atom. The number of thioether (sulfide) groups is 1. The Kier molecular flexibility index (Phi) is 4.17. The minimum absolute atomic E-state index is 0.174. The molecule has 136 valence electrons. The largest absolute Gasteiger partial charge is 0.355 e. The molecular formula is C21H26N4S. The Bertz CT molecular complexity index is 779. The van der Waals surface area contributed by atoms with E-state index in [4.69, 9.17) is 5.73 Å². The standard InChI is InChI=1S/C21H26N4S/c22-20-17-4-2-1-3-16(17)11-21(20)7-9-25(10-8-21)18-12-24-19(13-23-18)26-14-15-5-6-15/h1-4,12-13,15,20H,5-11,14,22H2/t20-/m1/s1. The summed E-state index contributed by atoms with van der Waals surface area (Å²) in [6.07, 6.45) is 10.1. The van der Waals surface area contributed by atoms with Gasteiger partial charge in [0.25, 0.3) is 0 Å². The van der Waals surface area contributed by atoms with Crippen LogP contribution < -0.4 is 10.6 Å². The van der Waals surface area contributed by atoms with Crippen molar-refractivity contribution in [1.82, 2.24) is 9.97 Å². The number of benzene rings is 1. The molecule has 4 nitrogen and oxygen atoms in total. The van der Waals surface area contributed by atoms with E-state index < -0.39 is 0 Å². The van der Waals surface area contributed by atoms with Gasteiger partial charge in [-0.15, -0.1) is 11.8 Å². The van der Waals surface area contributed by atoms with E-state index in [-0.39, 0.29) is 11.5 Å². The first kappa shape index (κ1) is 16.6. The molecule has 5 heteroatoms. The zero-order valence-corrected chi connectivity index (χ0v) is 15.9. The molecular weight excluding hydrogens is 340 g/mol. The first-order valence-corrected chi connectivity index (χ1v) is 10.8. The number of nitrogens with zero attached hydrogens (tertiary/aromatic N) is 3. The molecule has 1 atom stereocenters. The van der Waals surface area contributed by atoms with Crippen molar-refractivity contribution in [1.29, 1.82) is 0 Å². The van der Waals surface area contributed by atoms with Crippen molar-refractivity contribution in [2.45, 2.75) is 43.2 Å². The normalized spacial score (nSPS) is 24.0. The van der Waals surface area contributed by atoms with Crippen LogP contribution in [0.15, 0.2) is 41.7 Å². The number of rotatable bonds is 4. The molecule has 1 aromatic heterocycles. The van der Waals surface area contributed by atoms with Gasteiger partial charge in [-0.25, -0.2) is 9.97 Å². The van der Waals surface area contributed by atoms with Crippen molar-refractivity contribution >= 4 is 17.6 Å².